The number of benzene rings is 2. The van der Waals surface area contributed by atoms with E-state index in [9.17, 15) is 10.4 Å². The van der Waals surface area contributed by atoms with E-state index >= 15 is 0 Å². The first-order valence-corrected chi connectivity index (χ1v) is 11.1. The highest BCUT2D eigenvalue weighted by Crippen LogP contribution is 2.38. The molecule has 1 N–H and O–H groups in total. The Morgan fingerprint density at radius 3 is 2.41 bits per heavy atom. The quantitative estimate of drug-likeness (QED) is 0.452. The van der Waals surface area contributed by atoms with Crippen molar-refractivity contribution in [1.82, 2.24) is 14.8 Å². The number of phenolic OH excluding ortho intramolecular Hbond substituents is 1. The van der Waals surface area contributed by atoms with Gasteiger partial charge >= 0.3 is 0 Å². The summed E-state index contributed by atoms with van der Waals surface area (Å²) >= 11 is 1.75. The van der Waals surface area contributed by atoms with Gasteiger partial charge < -0.3 is 5.11 Å². The smallest absolute Gasteiger partial charge is 0.162 e. The molecule has 1 aliphatic heterocycles. The minimum absolute atomic E-state index is 0.00667. The average Bonchev–Trinajstić information content (AvgIpc) is 3.28. The molecule has 4 aromatic rings. The van der Waals surface area contributed by atoms with Crippen LogP contribution >= 0.6 is 11.3 Å². The molecular formula is C25H21N5OS. The predicted octanol–water partition coefficient (Wildman–Crippen LogP) is 5.41. The van der Waals surface area contributed by atoms with Crippen molar-refractivity contribution in [3.63, 3.8) is 0 Å². The molecule has 2 aromatic carbocycles. The summed E-state index contributed by atoms with van der Waals surface area (Å²) in [7, 11) is 0. The van der Waals surface area contributed by atoms with Gasteiger partial charge in [-0.2, -0.15) is 5.26 Å². The minimum Gasteiger partial charge on any atom is -0.507 e. The summed E-state index contributed by atoms with van der Waals surface area (Å²) in [6, 6.07) is 15.2. The first kappa shape index (κ1) is 20.2. The maximum Gasteiger partial charge on any atom is 0.162 e. The van der Waals surface area contributed by atoms with Crippen molar-refractivity contribution in [1.29, 1.82) is 5.26 Å². The molecule has 0 radical (unpaired) electrons. The summed E-state index contributed by atoms with van der Waals surface area (Å²) in [4.78, 5) is 6.33. The Balaban J connectivity index is 1.63. The van der Waals surface area contributed by atoms with Crippen molar-refractivity contribution in [2.24, 2.45) is 4.99 Å². The summed E-state index contributed by atoms with van der Waals surface area (Å²) in [5.41, 5.74) is 6.45. The molecule has 7 heteroatoms. The molecule has 2 aromatic heterocycles. The number of aromatic hydroxyl groups is 1. The Hall–Kier alpha value is -3.76. The molecule has 6 nitrogen and oxygen atoms in total. The van der Waals surface area contributed by atoms with Crippen molar-refractivity contribution in [3.8, 4) is 27.9 Å². The van der Waals surface area contributed by atoms with Gasteiger partial charge in [-0.3, -0.25) is 9.56 Å². The van der Waals surface area contributed by atoms with Crippen LogP contribution in [0.25, 0.3) is 16.1 Å². The Labute approximate surface area is 190 Å². The van der Waals surface area contributed by atoms with E-state index in [1.54, 1.807) is 23.5 Å². The highest BCUT2D eigenvalue weighted by atomic mass is 32.1. The Kier molecular flexibility index (Phi) is 4.68. The SMILES string of the molecule is Cc1sc2c(c1C)C(c1ccc(-c3ccc(O)c(C#N)c3)cc1)=N[C@@H](C)c1nnc(C)n1-2. The molecule has 0 saturated heterocycles. The van der Waals surface area contributed by atoms with Gasteiger partial charge in [0.2, 0.25) is 0 Å². The van der Waals surface area contributed by atoms with E-state index in [-0.39, 0.29) is 17.4 Å². The first-order valence-electron chi connectivity index (χ1n) is 10.3. The van der Waals surface area contributed by atoms with E-state index in [2.05, 4.69) is 40.7 Å². The molecule has 0 spiro atoms. The second-order valence-corrected chi connectivity index (χ2v) is 9.18. The number of phenols is 1. The predicted molar refractivity (Wildman–Crippen MR) is 126 cm³/mol. The molecule has 0 unspecified atom stereocenters. The molecule has 3 heterocycles. The fraction of sp³-hybridized carbons (Fsp3) is 0.200. The van der Waals surface area contributed by atoms with E-state index in [1.165, 1.54) is 10.4 Å². The Morgan fingerprint density at radius 1 is 1.00 bits per heavy atom. The molecule has 0 aliphatic carbocycles. The summed E-state index contributed by atoms with van der Waals surface area (Å²) in [5.74, 6) is 1.71. The molecule has 0 fully saturated rings. The second kappa shape index (κ2) is 7.43. The summed E-state index contributed by atoms with van der Waals surface area (Å²) in [5, 5.41) is 28.8. The zero-order valence-electron chi connectivity index (χ0n) is 18.2. The van der Waals surface area contributed by atoms with Crippen molar-refractivity contribution >= 4 is 17.0 Å². The van der Waals surface area contributed by atoms with Gasteiger partial charge in [0.05, 0.1) is 11.3 Å². The number of aryl methyl sites for hydroxylation is 2. The summed E-state index contributed by atoms with van der Waals surface area (Å²) in [6.45, 7) is 8.30. The van der Waals surface area contributed by atoms with E-state index in [1.807, 2.05) is 38.1 Å². The molecule has 1 atom stereocenters. The number of aromatic nitrogens is 3. The van der Waals surface area contributed by atoms with Crippen LogP contribution in [-0.2, 0) is 0 Å². The number of thiophene rings is 1. The monoisotopic (exact) mass is 439 g/mol. The van der Waals surface area contributed by atoms with Crippen LogP contribution in [0.1, 0.15) is 51.7 Å². The Bertz CT molecular complexity index is 1440. The zero-order valence-corrected chi connectivity index (χ0v) is 19.0. The fourth-order valence-electron chi connectivity index (χ4n) is 4.11. The lowest BCUT2D eigenvalue weighted by molar-refractivity contribution is 0.473. The van der Waals surface area contributed by atoms with Gasteiger partial charge in [0.1, 0.15) is 28.7 Å². The molecular weight excluding hydrogens is 418 g/mol. The van der Waals surface area contributed by atoms with Crippen molar-refractivity contribution < 1.29 is 5.11 Å². The normalized spacial score (nSPS) is 14.8. The number of nitriles is 1. The lowest BCUT2D eigenvalue weighted by Crippen LogP contribution is -2.07. The van der Waals surface area contributed by atoms with Crippen molar-refractivity contribution in [2.75, 3.05) is 0 Å². The molecule has 5 rings (SSSR count). The third-order valence-corrected chi connectivity index (χ3v) is 7.15. The first-order chi connectivity index (χ1) is 15.4. The van der Waals surface area contributed by atoms with Gasteiger partial charge in [0.15, 0.2) is 5.82 Å². The second-order valence-electron chi connectivity index (χ2n) is 7.98. The minimum atomic E-state index is -0.125. The number of rotatable bonds is 2. The van der Waals surface area contributed by atoms with Gasteiger partial charge in [-0.1, -0.05) is 30.3 Å². The Morgan fingerprint density at radius 2 is 1.69 bits per heavy atom. The fourth-order valence-corrected chi connectivity index (χ4v) is 5.32. The zero-order chi connectivity index (χ0) is 22.6. The van der Waals surface area contributed by atoms with Gasteiger partial charge in [0.25, 0.3) is 0 Å². The molecule has 0 bridgehead atoms. The van der Waals surface area contributed by atoms with Gasteiger partial charge in [-0.25, -0.2) is 0 Å². The number of hydrogen-bond acceptors (Lipinski definition) is 6. The molecule has 158 valence electrons. The summed E-state index contributed by atoms with van der Waals surface area (Å²) in [6.07, 6.45) is 0. The number of hydrogen-bond donors (Lipinski definition) is 1. The van der Waals surface area contributed by atoms with Crippen LogP contribution < -0.4 is 0 Å². The topological polar surface area (TPSA) is 87.1 Å². The van der Waals surface area contributed by atoms with E-state index in [0.717, 1.165) is 44.6 Å². The highest BCUT2D eigenvalue weighted by Gasteiger charge is 2.29. The van der Waals surface area contributed by atoms with E-state index in [4.69, 9.17) is 4.99 Å². The maximum atomic E-state index is 9.80. The van der Waals surface area contributed by atoms with Crippen LogP contribution in [-0.4, -0.2) is 25.6 Å². The highest BCUT2D eigenvalue weighted by molar-refractivity contribution is 7.15. The molecule has 0 amide bonds. The standard InChI is InChI=1S/C25H21N5OS/c1-13-15(3)32-25-22(13)23(27-14(2)24-29-28-16(4)30(24)25)18-7-5-17(6-8-18)19-9-10-21(31)20(11-19)12-26/h5-11,14,31H,1-4H3/t14-/m0/s1. The third-order valence-electron chi connectivity index (χ3n) is 5.96. The van der Waals surface area contributed by atoms with Gasteiger partial charge in [-0.05, 0) is 56.5 Å². The third kappa shape index (κ3) is 3.03. The maximum absolute atomic E-state index is 9.80. The lowest BCUT2D eigenvalue weighted by atomic mass is 9.96. The van der Waals surface area contributed by atoms with Crippen LogP contribution in [0.4, 0.5) is 0 Å². The van der Waals surface area contributed by atoms with Gasteiger partial charge in [-0.15, -0.1) is 21.5 Å². The van der Waals surface area contributed by atoms with Crippen LogP contribution in [0.15, 0.2) is 47.5 Å². The van der Waals surface area contributed by atoms with E-state index in [0.29, 0.717) is 0 Å². The lowest BCUT2D eigenvalue weighted by Gasteiger charge is -2.11. The van der Waals surface area contributed by atoms with E-state index < -0.39 is 0 Å². The number of nitrogens with zero attached hydrogens (tertiary/aromatic N) is 5. The molecule has 1 aliphatic rings. The summed E-state index contributed by atoms with van der Waals surface area (Å²) < 4.78 is 2.13. The van der Waals surface area contributed by atoms with Crippen LogP contribution in [0.5, 0.6) is 5.75 Å². The number of aliphatic imine (C=N–C) groups is 1. The van der Waals surface area contributed by atoms with Crippen molar-refractivity contribution in [3.05, 3.63) is 81.2 Å². The van der Waals surface area contributed by atoms with Gasteiger partial charge in [0, 0.05) is 16.0 Å². The molecule has 0 saturated carbocycles. The van der Waals surface area contributed by atoms with Crippen LogP contribution in [0.2, 0.25) is 0 Å². The van der Waals surface area contributed by atoms with Crippen molar-refractivity contribution in [2.45, 2.75) is 33.7 Å². The van der Waals surface area contributed by atoms with Crippen LogP contribution in [0, 0.1) is 32.1 Å². The number of fused-ring (bicyclic) bond motifs is 3. The van der Waals surface area contributed by atoms with Crippen LogP contribution in [0.3, 0.4) is 0 Å². The average molecular weight is 440 g/mol. The largest absolute Gasteiger partial charge is 0.507 e. The molecule has 32 heavy (non-hydrogen) atoms.